The summed E-state index contributed by atoms with van der Waals surface area (Å²) in [5.41, 5.74) is 0. The van der Waals surface area contributed by atoms with Crippen LogP contribution in [0.1, 0.15) is 19.8 Å². The van der Waals surface area contributed by atoms with Gasteiger partial charge in [0.05, 0.1) is 6.54 Å². The van der Waals surface area contributed by atoms with Crippen LogP contribution in [0.2, 0.25) is 0 Å². The van der Waals surface area contributed by atoms with Gasteiger partial charge in [-0.1, -0.05) is 6.92 Å². The molecule has 2 N–H and O–H groups in total. The highest BCUT2D eigenvalue weighted by Crippen LogP contribution is 2.27. The summed E-state index contributed by atoms with van der Waals surface area (Å²) in [6.45, 7) is 2.51. The number of carbonyl (C=O) groups is 1. The summed E-state index contributed by atoms with van der Waals surface area (Å²) < 4.78 is 27.7. The van der Waals surface area contributed by atoms with E-state index in [0.717, 1.165) is 0 Å². The van der Waals surface area contributed by atoms with Crippen molar-refractivity contribution in [2.24, 2.45) is 0 Å². The number of aliphatic carboxylic acids is 1. The van der Waals surface area contributed by atoms with Crippen molar-refractivity contribution in [2.45, 2.75) is 36.9 Å². The molecule has 1 aromatic heterocycles. The normalized spacial score (nSPS) is 21.6. The van der Waals surface area contributed by atoms with E-state index in [0.29, 0.717) is 23.9 Å². The van der Waals surface area contributed by atoms with Crippen molar-refractivity contribution in [1.29, 1.82) is 0 Å². The number of rotatable bonds is 7. The summed E-state index contributed by atoms with van der Waals surface area (Å²) in [6, 6.07) is 2.98. The number of carboxylic acids is 1. The van der Waals surface area contributed by atoms with Gasteiger partial charge in [-0.3, -0.25) is 9.69 Å². The minimum Gasteiger partial charge on any atom is -0.480 e. The first-order valence-corrected chi connectivity index (χ1v) is 9.19. The SMILES string of the molecule is CCN(CC(=O)O)C1CC(NS(=O)(=O)c2ccc(Br)cn2)C1. The van der Waals surface area contributed by atoms with Crippen molar-refractivity contribution in [2.75, 3.05) is 13.1 Å². The molecule has 1 aliphatic rings. The molecule has 0 amide bonds. The van der Waals surface area contributed by atoms with E-state index in [-0.39, 0.29) is 23.7 Å². The first kappa shape index (κ1) is 17.3. The van der Waals surface area contributed by atoms with E-state index in [2.05, 4.69) is 25.6 Å². The maximum absolute atomic E-state index is 12.2. The van der Waals surface area contributed by atoms with E-state index in [1.807, 2.05) is 11.8 Å². The summed E-state index contributed by atoms with van der Waals surface area (Å²) in [6.07, 6.45) is 2.65. The van der Waals surface area contributed by atoms with Gasteiger partial charge in [-0.15, -0.1) is 0 Å². The first-order chi connectivity index (χ1) is 10.3. The topological polar surface area (TPSA) is 99.6 Å². The average molecular weight is 392 g/mol. The van der Waals surface area contributed by atoms with Crippen LogP contribution < -0.4 is 4.72 Å². The Balaban J connectivity index is 1.91. The Morgan fingerprint density at radius 2 is 2.18 bits per heavy atom. The minimum atomic E-state index is -3.63. The highest BCUT2D eigenvalue weighted by Gasteiger charge is 2.36. The van der Waals surface area contributed by atoms with Gasteiger partial charge in [-0.05, 0) is 47.4 Å². The second kappa shape index (κ2) is 7.03. The van der Waals surface area contributed by atoms with E-state index < -0.39 is 16.0 Å². The zero-order valence-corrected chi connectivity index (χ0v) is 14.5. The van der Waals surface area contributed by atoms with Gasteiger partial charge in [0.1, 0.15) is 0 Å². The number of carboxylic acid groups (broad SMARTS) is 1. The number of halogens is 1. The fraction of sp³-hybridized carbons (Fsp3) is 0.538. The third-order valence-corrected chi connectivity index (χ3v) is 5.58. The molecule has 1 aromatic rings. The van der Waals surface area contributed by atoms with Gasteiger partial charge in [-0.2, -0.15) is 0 Å². The highest BCUT2D eigenvalue weighted by molar-refractivity contribution is 9.10. The summed E-state index contributed by atoms with van der Waals surface area (Å²) in [5, 5.41) is 8.83. The van der Waals surface area contributed by atoms with Crippen LogP contribution in [-0.4, -0.2) is 54.6 Å². The van der Waals surface area contributed by atoms with Crippen molar-refractivity contribution in [3.05, 3.63) is 22.8 Å². The van der Waals surface area contributed by atoms with E-state index in [1.165, 1.54) is 12.3 Å². The molecule has 1 saturated carbocycles. The van der Waals surface area contributed by atoms with Gasteiger partial charge in [0.25, 0.3) is 10.0 Å². The molecule has 0 saturated heterocycles. The zero-order valence-electron chi connectivity index (χ0n) is 12.1. The molecule has 0 bridgehead atoms. The quantitative estimate of drug-likeness (QED) is 0.720. The third kappa shape index (κ3) is 4.25. The van der Waals surface area contributed by atoms with E-state index >= 15 is 0 Å². The molecule has 0 spiro atoms. The Kier molecular flexibility index (Phi) is 5.54. The lowest BCUT2D eigenvalue weighted by Crippen LogP contribution is -2.54. The smallest absolute Gasteiger partial charge is 0.317 e. The number of aromatic nitrogens is 1. The lowest BCUT2D eigenvalue weighted by Gasteiger charge is -2.41. The first-order valence-electron chi connectivity index (χ1n) is 6.91. The molecule has 7 nitrogen and oxygen atoms in total. The molecule has 1 fully saturated rings. The predicted molar refractivity (Wildman–Crippen MR) is 84.0 cm³/mol. The van der Waals surface area contributed by atoms with E-state index in [1.54, 1.807) is 6.07 Å². The monoisotopic (exact) mass is 391 g/mol. The lowest BCUT2D eigenvalue weighted by molar-refractivity contribution is -0.139. The molecule has 0 aromatic carbocycles. The number of pyridine rings is 1. The van der Waals surface area contributed by atoms with Gasteiger partial charge in [0.2, 0.25) is 0 Å². The number of nitrogens with one attached hydrogen (secondary N) is 1. The fourth-order valence-corrected chi connectivity index (χ4v) is 3.88. The zero-order chi connectivity index (χ0) is 16.3. The van der Waals surface area contributed by atoms with Crippen molar-refractivity contribution in [3.63, 3.8) is 0 Å². The average Bonchev–Trinajstić information content (AvgIpc) is 2.40. The number of likely N-dealkylation sites (N-methyl/N-ethyl adjacent to an activating group) is 1. The molecule has 0 radical (unpaired) electrons. The van der Waals surface area contributed by atoms with Crippen molar-refractivity contribution < 1.29 is 18.3 Å². The number of hydrogen-bond acceptors (Lipinski definition) is 5. The van der Waals surface area contributed by atoms with Crippen molar-refractivity contribution >= 4 is 31.9 Å². The van der Waals surface area contributed by atoms with Crippen LogP contribution in [0.5, 0.6) is 0 Å². The van der Waals surface area contributed by atoms with Crippen LogP contribution in [0, 0.1) is 0 Å². The summed E-state index contributed by atoms with van der Waals surface area (Å²) in [4.78, 5) is 16.5. The molecule has 0 aliphatic heterocycles. The predicted octanol–water partition coefficient (Wildman–Crippen LogP) is 1.06. The Hall–Kier alpha value is -1.03. The van der Waals surface area contributed by atoms with E-state index in [4.69, 9.17) is 5.11 Å². The largest absolute Gasteiger partial charge is 0.480 e. The van der Waals surface area contributed by atoms with E-state index in [9.17, 15) is 13.2 Å². The molecular weight excluding hydrogens is 374 g/mol. The molecule has 9 heteroatoms. The maximum Gasteiger partial charge on any atom is 0.317 e. The molecule has 1 heterocycles. The molecule has 22 heavy (non-hydrogen) atoms. The Labute approximate surface area is 137 Å². The molecule has 0 atom stereocenters. The van der Waals surface area contributed by atoms with Crippen molar-refractivity contribution in [3.8, 4) is 0 Å². The number of nitrogens with zero attached hydrogens (tertiary/aromatic N) is 2. The fourth-order valence-electron chi connectivity index (χ4n) is 2.46. The summed E-state index contributed by atoms with van der Waals surface area (Å²) in [7, 11) is -3.63. The molecule has 2 rings (SSSR count). The Morgan fingerprint density at radius 3 is 2.68 bits per heavy atom. The van der Waals surface area contributed by atoms with Crippen LogP contribution in [0.25, 0.3) is 0 Å². The van der Waals surface area contributed by atoms with Gasteiger partial charge in [0.15, 0.2) is 5.03 Å². The van der Waals surface area contributed by atoms with Gasteiger partial charge >= 0.3 is 5.97 Å². The third-order valence-electron chi connectivity index (χ3n) is 3.67. The van der Waals surface area contributed by atoms with Gasteiger partial charge < -0.3 is 5.11 Å². The molecule has 122 valence electrons. The van der Waals surface area contributed by atoms with Gasteiger partial charge in [-0.25, -0.2) is 18.1 Å². The summed E-state index contributed by atoms with van der Waals surface area (Å²) in [5.74, 6) is -0.870. The lowest BCUT2D eigenvalue weighted by atomic mass is 9.86. The standard InChI is InChI=1S/C13H18BrN3O4S/c1-2-17(8-13(18)19)11-5-10(6-11)16-22(20,21)12-4-3-9(14)7-15-12/h3-4,7,10-11,16H,2,5-6,8H2,1H3,(H,18,19). The summed E-state index contributed by atoms with van der Waals surface area (Å²) >= 11 is 3.21. The van der Waals surface area contributed by atoms with Gasteiger partial charge in [0, 0.05) is 22.8 Å². The Morgan fingerprint density at radius 1 is 1.50 bits per heavy atom. The minimum absolute atomic E-state index is 0.0166. The molecular formula is C13H18BrN3O4S. The second-order valence-corrected chi connectivity index (χ2v) is 7.79. The van der Waals surface area contributed by atoms with Crippen LogP contribution in [0.15, 0.2) is 27.8 Å². The van der Waals surface area contributed by atoms with Crippen LogP contribution >= 0.6 is 15.9 Å². The second-order valence-electron chi connectivity index (χ2n) is 5.21. The molecule has 1 aliphatic carbocycles. The Bertz CT molecular complexity index is 629. The van der Waals surface area contributed by atoms with Crippen molar-refractivity contribution in [1.82, 2.24) is 14.6 Å². The van der Waals surface area contributed by atoms with Crippen LogP contribution in [0.3, 0.4) is 0 Å². The maximum atomic E-state index is 12.2. The molecule has 0 unspecified atom stereocenters. The number of sulfonamides is 1. The van der Waals surface area contributed by atoms with Crippen LogP contribution in [0.4, 0.5) is 0 Å². The van der Waals surface area contributed by atoms with Crippen LogP contribution in [-0.2, 0) is 14.8 Å². The number of hydrogen-bond donors (Lipinski definition) is 2. The highest BCUT2D eigenvalue weighted by atomic mass is 79.9.